The quantitative estimate of drug-likeness (QED) is 0.874. The molecule has 1 aromatic carbocycles. The predicted molar refractivity (Wildman–Crippen MR) is 80.8 cm³/mol. The van der Waals surface area contributed by atoms with Crippen LogP contribution in [-0.2, 0) is 11.2 Å². The van der Waals surface area contributed by atoms with E-state index in [-0.39, 0.29) is 0 Å². The number of benzene rings is 1. The first-order valence-corrected chi connectivity index (χ1v) is 7.52. The molecule has 0 unspecified atom stereocenters. The molecule has 1 aliphatic heterocycles. The maximum absolute atomic E-state index is 6.02. The second kappa shape index (κ2) is 6.22. The molecule has 1 fully saturated rings. The highest BCUT2D eigenvalue weighted by Crippen LogP contribution is 2.30. The van der Waals surface area contributed by atoms with Crippen molar-refractivity contribution < 1.29 is 9.26 Å². The van der Waals surface area contributed by atoms with Crippen LogP contribution in [0.5, 0.6) is 0 Å². The van der Waals surface area contributed by atoms with Crippen LogP contribution >= 0.6 is 23.2 Å². The molecule has 2 heterocycles. The average molecular weight is 328 g/mol. The van der Waals surface area contributed by atoms with Gasteiger partial charge < -0.3 is 15.0 Å². The van der Waals surface area contributed by atoms with Gasteiger partial charge in [-0.05, 0) is 30.5 Å². The normalized spacial score (nSPS) is 16.3. The summed E-state index contributed by atoms with van der Waals surface area (Å²) in [5, 5.41) is 4.90. The number of hydrogen-bond acceptors (Lipinski definition) is 5. The number of nitrogens with zero attached hydrogens (tertiary/aromatic N) is 2. The van der Waals surface area contributed by atoms with Gasteiger partial charge in [-0.1, -0.05) is 28.4 Å². The van der Waals surface area contributed by atoms with Crippen molar-refractivity contribution in [3.05, 3.63) is 39.5 Å². The Balaban J connectivity index is 1.75. The average Bonchev–Trinajstić information content (AvgIpc) is 2.94. The summed E-state index contributed by atoms with van der Waals surface area (Å²) in [5.41, 5.74) is 7.01. The lowest BCUT2D eigenvalue weighted by atomic mass is 10.0. The Hall–Kier alpha value is -1.30. The fourth-order valence-corrected chi connectivity index (χ4v) is 2.90. The lowest BCUT2D eigenvalue weighted by Crippen LogP contribution is -2.14. The molecule has 3 rings (SSSR count). The molecule has 0 amide bonds. The van der Waals surface area contributed by atoms with Crippen LogP contribution in [0.1, 0.15) is 36.0 Å². The third-order valence-electron chi connectivity index (χ3n) is 3.56. The lowest BCUT2D eigenvalue weighted by Gasteiger charge is -2.17. The number of ether oxygens (including phenoxy) is 1. The molecular weight excluding hydrogens is 313 g/mol. The molecule has 2 aromatic rings. The summed E-state index contributed by atoms with van der Waals surface area (Å²) in [6.45, 7) is 1.48. The smallest absolute Gasteiger partial charge is 0.229 e. The number of hydrogen-bond donors (Lipinski definition) is 1. The van der Waals surface area contributed by atoms with Crippen molar-refractivity contribution in [1.82, 2.24) is 10.1 Å². The summed E-state index contributed by atoms with van der Waals surface area (Å²) >= 11 is 12.0. The van der Waals surface area contributed by atoms with Crippen molar-refractivity contribution in [1.29, 1.82) is 0 Å². The highest BCUT2D eigenvalue weighted by atomic mass is 35.5. The minimum atomic E-state index is 0.290. The van der Waals surface area contributed by atoms with Crippen molar-refractivity contribution in [3.63, 3.8) is 0 Å². The molecule has 1 aliphatic rings. The number of anilines is 1. The van der Waals surface area contributed by atoms with Crippen LogP contribution in [0, 0.1) is 0 Å². The van der Waals surface area contributed by atoms with Crippen molar-refractivity contribution >= 4 is 28.9 Å². The van der Waals surface area contributed by atoms with Gasteiger partial charge in [0.15, 0.2) is 5.82 Å². The molecule has 1 saturated heterocycles. The van der Waals surface area contributed by atoms with Crippen molar-refractivity contribution in [2.75, 3.05) is 18.9 Å². The molecule has 0 bridgehead atoms. The molecule has 0 spiro atoms. The van der Waals surface area contributed by atoms with Crippen LogP contribution in [0.2, 0.25) is 10.0 Å². The number of rotatable bonds is 3. The van der Waals surface area contributed by atoms with Crippen LogP contribution in [0.25, 0.3) is 0 Å². The van der Waals surface area contributed by atoms with Gasteiger partial charge in [0.05, 0.1) is 15.7 Å². The van der Waals surface area contributed by atoms with Gasteiger partial charge in [-0.25, -0.2) is 0 Å². The second-order valence-corrected chi connectivity index (χ2v) is 5.90. The van der Waals surface area contributed by atoms with E-state index in [1.54, 1.807) is 12.1 Å². The van der Waals surface area contributed by atoms with E-state index >= 15 is 0 Å². The third-order valence-corrected chi connectivity index (χ3v) is 4.18. The molecule has 0 saturated carbocycles. The highest BCUT2D eigenvalue weighted by Gasteiger charge is 2.22. The minimum absolute atomic E-state index is 0.290. The summed E-state index contributed by atoms with van der Waals surface area (Å²) in [5.74, 6) is 1.59. The first-order chi connectivity index (χ1) is 10.1. The molecule has 0 aliphatic carbocycles. The van der Waals surface area contributed by atoms with Gasteiger partial charge >= 0.3 is 0 Å². The van der Waals surface area contributed by atoms with Crippen LogP contribution in [0.3, 0.4) is 0 Å². The van der Waals surface area contributed by atoms with E-state index < -0.39 is 0 Å². The molecule has 112 valence electrons. The molecule has 5 nitrogen and oxygen atoms in total. The standard InChI is InChI=1S/C14H15Cl2N3O2/c15-10-5-8(6-11(16)13(10)17)7-12-18-14(21-19-12)9-1-3-20-4-2-9/h5-6,9H,1-4,7,17H2. The summed E-state index contributed by atoms with van der Waals surface area (Å²) in [4.78, 5) is 4.46. The van der Waals surface area contributed by atoms with Gasteiger partial charge in [0.25, 0.3) is 0 Å². The van der Waals surface area contributed by atoms with Gasteiger partial charge in [-0.2, -0.15) is 4.98 Å². The third kappa shape index (κ3) is 3.31. The largest absolute Gasteiger partial charge is 0.396 e. The van der Waals surface area contributed by atoms with Crippen LogP contribution in [-0.4, -0.2) is 23.4 Å². The van der Waals surface area contributed by atoms with Crippen LogP contribution in [0.15, 0.2) is 16.7 Å². The molecular formula is C14H15Cl2N3O2. The van der Waals surface area contributed by atoms with E-state index in [1.807, 2.05) is 0 Å². The molecule has 1 aromatic heterocycles. The molecule has 21 heavy (non-hydrogen) atoms. The Morgan fingerprint density at radius 1 is 1.19 bits per heavy atom. The fourth-order valence-electron chi connectivity index (χ4n) is 2.37. The summed E-state index contributed by atoms with van der Waals surface area (Å²) in [6.07, 6.45) is 2.34. The topological polar surface area (TPSA) is 74.2 Å². The van der Waals surface area contributed by atoms with E-state index in [0.717, 1.165) is 31.6 Å². The van der Waals surface area contributed by atoms with E-state index in [9.17, 15) is 0 Å². The number of halogens is 2. The Labute approximate surface area is 132 Å². The minimum Gasteiger partial charge on any atom is -0.396 e. The van der Waals surface area contributed by atoms with Crippen molar-refractivity contribution in [3.8, 4) is 0 Å². The Morgan fingerprint density at radius 2 is 1.86 bits per heavy atom. The zero-order valence-electron chi connectivity index (χ0n) is 11.3. The zero-order chi connectivity index (χ0) is 14.8. The summed E-state index contributed by atoms with van der Waals surface area (Å²) in [7, 11) is 0. The monoisotopic (exact) mass is 327 g/mol. The molecule has 7 heteroatoms. The van der Waals surface area contributed by atoms with Gasteiger partial charge in [-0.3, -0.25) is 0 Å². The Morgan fingerprint density at radius 3 is 2.52 bits per heavy atom. The fraction of sp³-hybridized carbons (Fsp3) is 0.429. The SMILES string of the molecule is Nc1c(Cl)cc(Cc2noc(C3CCOCC3)n2)cc1Cl. The van der Waals surface area contributed by atoms with E-state index in [1.165, 1.54) is 0 Å². The van der Waals surface area contributed by atoms with E-state index in [2.05, 4.69) is 10.1 Å². The Kier molecular flexibility index (Phi) is 4.33. The van der Waals surface area contributed by atoms with Gasteiger partial charge in [0.1, 0.15) is 0 Å². The second-order valence-electron chi connectivity index (χ2n) is 5.09. The number of nitrogens with two attached hydrogens (primary N) is 1. The highest BCUT2D eigenvalue weighted by molar-refractivity contribution is 6.38. The number of nitrogen functional groups attached to an aromatic ring is 1. The van der Waals surface area contributed by atoms with Crippen molar-refractivity contribution in [2.24, 2.45) is 0 Å². The van der Waals surface area contributed by atoms with Gasteiger partial charge in [0.2, 0.25) is 5.89 Å². The van der Waals surface area contributed by atoms with Crippen molar-refractivity contribution in [2.45, 2.75) is 25.2 Å². The Bertz CT molecular complexity index is 616. The first-order valence-electron chi connectivity index (χ1n) is 6.77. The molecule has 2 N–H and O–H groups in total. The maximum atomic E-state index is 6.02. The van der Waals surface area contributed by atoms with Gasteiger partial charge in [-0.15, -0.1) is 0 Å². The van der Waals surface area contributed by atoms with Crippen LogP contribution < -0.4 is 5.73 Å². The number of aromatic nitrogens is 2. The van der Waals surface area contributed by atoms with E-state index in [0.29, 0.717) is 39.8 Å². The van der Waals surface area contributed by atoms with E-state index in [4.69, 9.17) is 38.2 Å². The zero-order valence-corrected chi connectivity index (χ0v) is 12.8. The molecule has 0 radical (unpaired) electrons. The van der Waals surface area contributed by atoms with Gasteiger partial charge in [0, 0.05) is 25.6 Å². The van der Waals surface area contributed by atoms with Crippen LogP contribution in [0.4, 0.5) is 5.69 Å². The maximum Gasteiger partial charge on any atom is 0.229 e. The first kappa shape index (κ1) is 14.6. The lowest BCUT2D eigenvalue weighted by molar-refractivity contribution is 0.0778. The molecule has 0 atom stereocenters. The predicted octanol–water partition coefficient (Wildman–Crippen LogP) is 3.44. The summed E-state index contributed by atoms with van der Waals surface area (Å²) < 4.78 is 10.7. The summed E-state index contributed by atoms with van der Waals surface area (Å²) in [6, 6.07) is 3.54.